The summed E-state index contributed by atoms with van der Waals surface area (Å²) in [6.07, 6.45) is 3.28. The van der Waals surface area contributed by atoms with E-state index in [-0.39, 0.29) is 0 Å². The number of nitrogens with one attached hydrogen (secondary N) is 1. The molecule has 1 fully saturated rings. The molecular weight excluding hydrogens is 232 g/mol. The van der Waals surface area contributed by atoms with E-state index in [1.807, 2.05) is 6.07 Å². The van der Waals surface area contributed by atoms with Gasteiger partial charge < -0.3 is 5.32 Å². The monoisotopic (exact) mass is 244 g/mol. The van der Waals surface area contributed by atoms with Crippen LogP contribution in [0.15, 0.2) is 18.5 Å². The van der Waals surface area contributed by atoms with Crippen LogP contribution in [0.4, 0.5) is 0 Å². The zero-order chi connectivity index (χ0) is 10.7. The standard InChI is InChI=1S/C10H13ClN2OS/c11-10-5-12-2-1-9(10)7-15(14)6-8-3-13-4-8/h1-2,5,8,13H,3-4,6-7H2. The highest BCUT2D eigenvalue weighted by atomic mass is 35.5. The first-order valence-corrected chi connectivity index (χ1v) is 6.76. The van der Waals surface area contributed by atoms with E-state index in [4.69, 9.17) is 11.6 Å². The van der Waals surface area contributed by atoms with Crippen molar-refractivity contribution in [3.63, 3.8) is 0 Å². The Balaban J connectivity index is 1.90. The van der Waals surface area contributed by atoms with E-state index in [9.17, 15) is 4.21 Å². The minimum absolute atomic E-state index is 0.540. The molecule has 5 heteroatoms. The normalized spacial score (nSPS) is 18.5. The summed E-state index contributed by atoms with van der Waals surface area (Å²) >= 11 is 5.94. The molecule has 0 aromatic carbocycles. The van der Waals surface area contributed by atoms with Gasteiger partial charge in [0, 0.05) is 42.0 Å². The van der Waals surface area contributed by atoms with Crippen LogP contribution in [0.2, 0.25) is 5.02 Å². The number of hydrogen-bond donors (Lipinski definition) is 1. The van der Waals surface area contributed by atoms with Gasteiger partial charge in [0.2, 0.25) is 0 Å². The summed E-state index contributed by atoms with van der Waals surface area (Å²) in [7, 11) is -0.812. The van der Waals surface area contributed by atoms with Gasteiger partial charge in [-0.2, -0.15) is 0 Å². The summed E-state index contributed by atoms with van der Waals surface area (Å²) in [4.78, 5) is 3.90. The number of aromatic nitrogens is 1. The highest BCUT2D eigenvalue weighted by Crippen LogP contribution is 2.16. The Morgan fingerprint density at radius 1 is 1.60 bits per heavy atom. The van der Waals surface area contributed by atoms with Gasteiger partial charge in [-0.05, 0) is 17.5 Å². The third-order valence-electron chi connectivity index (χ3n) is 2.46. The number of hydrogen-bond acceptors (Lipinski definition) is 3. The zero-order valence-electron chi connectivity index (χ0n) is 8.28. The summed E-state index contributed by atoms with van der Waals surface area (Å²) < 4.78 is 11.8. The van der Waals surface area contributed by atoms with Crippen LogP contribution in [0.5, 0.6) is 0 Å². The van der Waals surface area contributed by atoms with Crippen molar-refractivity contribution < 1.29 is 4.21 Å². The maximum absolute atomic E-state index is 11.8. The molecular formula is C10H13ClN2OS. The Bertz CT molecular complexity index is 368. The molecule has 1 atom stereocenters. The van der Waals surface area contributed by atoms with Crippen LogP contribution in [-0.2, 0) is 16.6 Å². The molecule has 0 aliphatic carbocycles. The molecule has 1 aliphatic heterocycles. The molecule has 82 valence electrons. The zero-order valence-corrected chi connectivity index (χ0v) is 9.85. The van der Waals surface area contributed by atoms with Gasteiger partial charge in [-0.3, -0.25) is 9.19 Å². The second kappa shape index (κ2) is 5.05. The molecule has 0 amide bonds. The lowest BCUT2D eigenvalue weighted by Gasteiger charge is -2.26. The average Bonchev–Trinajstić information content (AvgIpc) is 2.16. The van der Waals surface area contributed by atoms with E-state index in [1.54, 1.807) is 12.4 Å². The fraction of sp³-hybridized carbons (Fsp3) is 0.500. The summed E-state index contributed by atoms with van der Waals surface area (Å²) in [5, 5.41) is 3.78. The molecule has 3 nitrogen and oxygen atoms in total. The minimum Gasteiger partial charge on any atom is -0.316 e. The minimum atomic E-state index is -0.812. The largest absolute Gasteiger partial charge is 0.316 e. The molecule has 1 saturated heterocycles. The second-order valence-electron chi connectivity index (χ2n) is 3.74. The fourth-order valence-electron chi connectivity index (χ4n) is 1.48. The predicted octanol–water partition coefficient (Wildman–Crippen LogP) is 1.20. The number of nitrogens with zero attached hydrogens (tertiary/aromatic N) is 1. The van der Waals surface area contributed by atoms with Crippen LogP contribution in [0.1, 0.15) is 5.56 Å². The van der Waals surface area contributed by atoms with Crippen LogP contribution in [0, 0.1) is 5.92 Å². The van der Waals surface area contributed by atoms with Crippen molar-refractivity contribution in [2.45, 2.75) is 5.75 Å². The van der Waals surface area contributed by atoms with Crippen LogP contribution in [-0.4, -0.2) is 28.0 Å². The lowest BCUT2D eigenvalue weighted by atomic mass is 10.1. The smallest absolute Gasteiger partial charge is 0.0630 e. The van der Waals surface area contributed by atoms with Crippen LogP contribution >= 0.6 is 11.6 Å². The van der Waals surface area contributed by atoms with E-state index >= 15 is 0 Å². The maximum atomic E-state index is 11.8. The third kappa shape index (κ3) is 3.00. The summed E-state index contributed by atoms with van der Waals surface area (Å²) in [5.74, 6) is 1.88. The highest BCUT2D eigenvalue weighted by molar-refractivity contribution is 7.84. The van der Waals surface area contributed by atoms with E-state index in [0.29, 0.717) is 16.7 Å². The molecule has 15 heavy (non-hydrogen) atoms. The maximum Gasteiger partial charge on any atom is 0.0630 e. The lowest BCUT2D eigenvalue weighted by molar-refractivity contribution is 0.382. The molecule has 2 heterocycles. The van der Waals surface area contributed by atoms with Crippen LogP contribution < -0.4 is 5.32 Å². The van der Waals surface area contributed by atoms with Crippen molar-refractivity contribution in [2.75, 3.05) is 18.8 Å². The molecule has 1 unspecified atom stereocenters. The van der Waals surface area contributed by atoms with Crippen molar-refractivity contribution in [3.05, 3.63) is 29.0 Å². The van der Waals surface area contributed by atoms with Gasteiger partial charge in [-0.25, -0.2) is 0 Å². The SMILES string of the molecule is O=S(Cc1ccncc1Cl)CC1CNC1. The predicted molar refractivity (Wildman–Crippen MR) is 62.3 cm³/mol. The summed E-state index contributed by atoms with van der Waals surface area (Å²) in [6.45, 7) is 1.99. The first-order valence-electron chi connectivity index (χ1n) is 4.90. The van der Waals surface area contributed by atoms with Gasteiger partial charge >= 0.3 is 0 Å². The Morgan fingerprint density at radius 2 is 2.40 bits per heavy atom. The van der Waals surface area contributed by atoms with Gasteiger partial charge in [-0.1, -0.05) is 11.6 Å². The summed E-state index contributed by atoms with van der Waals surface area (Å²) in [6, 6.07) is 1.83. The van der Waals surface area contributed by atoms with Crippen molar-refractivity contribution in [2.24, 2.45) is 5.92 Å². The molecule has 2 rings (SSSR count). The van der Waals surface area contributed by atoms with Crippen molar-refractivity contribution >= 4 is 22.4 Å². The van der Waals surface area contributed by atoms with Crippen LogP contribution in [0.25, 0.3) is 0 Å². The Morgan fingerprint density at radius 3 is 3.00 bits per heavy atom. The molecule has 1 aliphatic rings. The van der Waals surface area contributed by atoms with Gasteiger partial charge in [-0.15, -0.1) is 0 Å². The molecule has 0 radical (unpaired) electrons. The topological polar surface area (TPSA) is 42.0 Å². The fourth-order valence-corrected chi connectivity index (χ4v) is 3.23. The Kier molecular flexibility index (Phi) is 3.72. The molecule has 1 aromatic heterocycles. The van der Waals surface area contributed by atoms with E-state index < -0.39 is 10.8 Å². The van der Waals surface area contributed by atoms with E-state index in [2.05, 4.69) is 10.3 Å². The molecule has 1 aromatic rings. The number of pyridine rings is 1. The molecule has 1 N–H and O–H groups in total. The first kappa shape index (κ1) is 11.0. The van der Waals surface area contributed by atoms with Crippen LogP contribution in [0.3, 0.4) is 0 Å². The number of halogens is 1. The quantitative estimate of drug-likeness (QED) is 0.866. The summed E-state index contributed by atoms with van der Waals surface area (Å²) in [5.41, 5.74) is 0.928. The van der Waals surface area contributed by atoms with Crippen molar-refractivity contribution in [1.29, 1.82) is 0 Å². The van der Waals surface area contributed by atoms with Gasteiger partial charge in [0.05, 0.1) is 10.8 Å². The van der Waals surface area contributed by atoms with E-state index in [0.717, 1.165) is 24.4 Å². The number of rotatable bonds is 4. The Labute approximate surface area is 96.7 Å². The lowest BCUT2D eigenvalue weighted by Crippen LogP contribution is -2.44. The second-order valence-corrected chi connectivity index (χ2v) is 5.65. The van der Waals surface area contributed by atoms with E-state index in [1.165, 1.54) is 0 Å². The van der Waals surface area contributed by atoms with Gasteiger partial charge in [0.25, 0.3) is 0 Å². The van der Waals surface area contributed by atoms with Gasteiger partial charge in [0.1, 0.15) is 0 Å². The third-order valence-corrected chi connectivity index (χ3v) is 4.28. The van der Waals surface area contributed by atoms with Crippen molar-refractivity contribution in [3.8, 4) is 0 Å². The van der Waals surface area contributed by atoms with Gasteiger partial charge in [0.15, 0.2) is 0 Å². The van der Waals surface area contributed by atoms with Crippen molar-refractivity contribution in [1.82, 2.24) is 10.3 Å². The highest BCUT2D eigenvalue weighted by Gasteiger charge is 2.19. The Hall–Kier alpha value is -0.450. The molecule has 0 bridgehead atoms. The molecule has 0 saturated carbocycles. The average molecular weight is 245 g/mol. The first-order chi connectivity index (χ1) is 7.25. The molecule has 0 spiro atoms.